The van der Waals surface area contributed by atoms with Gasteiger partial charge in [-0.05, 0) is 47.9 Å². The second-order valence-electron chi connectivity index (χ2n) is 11.1. The zero-order valence-corrected chi connectivity index (χ0v) is 24.2. The van der Waals surface area contributed by atoms with Crippen molar-refractivity contribution in [3.63, 3.8) is 0 Å². The molecule has 0 spiro atoms. The van der Waals surface area contributed by atoms with Crippen molar-refractivity contribution in [2.75, 3.05) is 31.6 Å². The molecule has 0 saturated carbocycles. The zero-order valence-electron chi connectivity index (χ0n) is 23.4. The van der Waals surface area contributed by atoms with E-state index in [1.807, 2.05) is 51.1 Å². The number of hydrogen-bond donors (Lipinski definition) is 4. The molecule has 1 saturated heterocycles. The summed E-state index contributed by atoms with van der Waals surface area (Å²) in [5.41, 5.74) is 2.64. The molecular formula is C29H44ClN5O4. The van der Waals surface area contributed by atoms with Crippen molar-refractivity contribution in [1.29, 1.82) is 0 Å². The molecule has 1 fully saturated rings. The van der Waals surface area contributed by atoms with E-state index in [0.29, 0.717) is 13.0 Å². The molecule has 0 aromatic heterocycles. The third-order valence-corrected chi connectivity index (χ3v) is 6.88. The average Bonchev–Trinajstić information content (AvgIpc) is 3.42. The van der Waals surface area contributed by atoms with E-state index in [1.165, 1.54) is 25.6 Å². The van der Waals surface area contributed by atoms with Crippen molar-refractivity contribution >= 4 is 30.1 Å². The smallest absolute Gasteiger partial charge is 0.407 e. The van der Waals surface area contributed by atoms with E-state index in [9.17, 15) is 14.7 Å². The Kier molecular flexibility index (Phi) is 12.5. The lowest BCUT2D eigenvalue weighted by molar-refractivity contribution is -0.127. The summed E-state index contributed by atoms with van der Waals surface area (Å²) in [5, 5.41) is 18.4. The lowest BCUT2D eigenvalue weighted by atomic mass is 9.85. The van der Waals surface area contributed by atoms with Crippen LogP contribution >= 0.6 is 12.4 Å². The topological polar surface area (TPSA) is 120 Å². The minimum atomic E-state index is -0.952. The van der Waals surface area contributed by atoms with Gasteiger partial charge in [0.1, 0.15) is 6.04 Å². The van der Waals surface area contributed by atoms with Gasteiger partial charge in [-0.2, -0.15) is 0 Å². The molecule has 1 aliphatic heterocycles. The summed E-state index contributed by atoms with van der Waals surface area (Å²) in [6, 6.07) is 16.5. The van der Waals surface area contributed by atoms with Gasteiger partial charge in [-0.15, -0.1) is 12.4 Å². The van der Waals surface area contributed by atoms with Gasteiger partial charge in [0.05, 0.1) is 19.3 Å². The number of anilines is 1. The van der Waals surface area contributed by atoms with Gasteiger partial charge in [-0.3, -0.25) is 10.6 Å². The number of benzene rings is 2. The van der Waals surface area contributed by atoms with Gasteiger partial charge >= 0.3 is 6.09 Å². The van der Waals surface area contributed by atoms with E-state index in [-0.39, 0.29) is 19.0 Å². The summed E-state index contributed by atoms with van der Waals surface area (Å²) in [5.74, 6) is 5.92. The number of aliphatic hydroxyl groups is 1. The van der Waals surface area contributed by atoms with E-state index in [0.717, 1.165) is 24.2 Å². The monoisotopic (exact) mass is 561 g/mol. The first-order valence-electron chi connectivity index (χ1n) is 13.3. The SMILES string of the molecule is COC(=O)N[C@H](C(=O)N[C@@H](Cc1ccccc1)[C@@H](O)CN(N)Cc1ccc(N2CCCC2)cc1)C(C)(C)C.Cl. The van der Waals surface area contributed by atoms with Crippen LogP contribution < -0.4 is 21.4 Å². The molecule has 216 valence electrons. The highest BCUT2D eigenvalue weighted by atomic mass is 35.5. The maximum absolute atomic E-state index is 13.3. The van der Waals surface area contributed by atoms with Gasteiger partial charge in [0, 0.05) is 31.9 Å². The molecule has 0 aliphatic carbocycles. The maximum Gasteiger partial charge on any atom is 0.407 e. The first-order chi connectivity index (χ1) is 18.1. The highest BCUT2D eigenvalue weighted by Gasteiger charge is 2.35. The fourth-order valence-electron chi connectivity index (χ4n) is 4.72. The Balaban J connectivity index is 0.00000533. The lowest BCUT2D eigenvalue weighted by Gasteiger charge is -2.33. The van der Waals surface area contributed by atoms with Crippen LogP contribution in [0.4, 0.5) is 10.5 Å². The number of carbonyl (C=O) groups excluding carboxylic acids is 2. The zero-order chi connectivity index (χ0) is 27.7. The molecule has 0 radical (unpaired) electrons. The lowest BCUT2D eigenvalue weighted by Crippen LogP contribution is -2.58. The molecular weight excluding hydrogens is 518 g/mol. The Hall–Kier alpha value is -2.85. The molecule has 2 amide bonds. The van der Waals surface area contributed by atoms with E-state index < -0.39 is 35.6 Å². The van der Waals surface area contributed by atoms with Crippen LogP contribution in [0.3, 0.4) is 0 Å². The number of rotatable bonds is 11. The summed E-state index contributed by atoms with van der Waals surface area (Å²) in [6.07, 6.45) is 1.22. The summed E-state index contributed by atoms with van der Waals surface area (Å²) >= 11 is 0. The van der Waals surface area contributed by atoms with E-state index in [2.05, 4.69) is 39.8 Å². The van der Waals surface area contributed by atoms with Crippen LogP contribution in [-0.4, -0.2) is 67.0 Å². The van der Waals surface area contributed by atoms with Gasteiger partial charge in [-0.1, -0.05) is 63.2 Å². The number of nitrogens with one attached hydrogen (secondary N) is 2. The number of amides is 2. The van der Waals surface area contributed by atoms with Crippen LogP contribution in [0.15, 0.2) is 54.6 Å². The van der Waals surface area contributed by atoms with Gasteiger partial charge in [0.25, 0.3) is 0 Å². The molecule has 9 nitrogen and oxygen atoms in total. The van der Waals surface area contributed by atoms with Crippen LogP contribution in [0.25, 0.3) is 0 Å². The number of halogens is 1. The largest absolute Gasteiger partial charge is 0.453 e. The molecule has 3 atom stereocenters. The van der Waals surface area contributed by atoms with Crippen LogP contribution in [0.2, 0.25) is 0 Å². The molecule has 10 heteroatoms. The molecule has 5 N–H and O–H groups in total. The molecule has 2 aromatic carbocycles. The third kappa shape index (κ3) is 10.0. The highest BCUT2D eigenvalue weighted by molar-refractivity contribution is 5.86. The summed E-state index contributed by atoms with van der Waals surface area (Å²) in [7, 11) is 1.25. The second kappa shape index (κ2) is 15.1. The Morgan fingerprint density at radius 2 is 1.64 bits per heavy atom. The summed E-state index contributed by atoms with van der Waals surface area (Å²) < 4.78 is 4.71. The summed E-state index contributed by atoms with van der Waals surface area (Å²) in [6.45, 7) is 8.35. The molecule has 2 aromatic rings. The number of carbonyl (C=O) groups is 2. The van der Waals surface area contributed by atoms with Crippen molar-refractivity contribution in [2.24, 2.45) is 11.3 Å². The minimum absolute atomic E-state index is 0. The number of aliphatic hydroxyl groups excluding tert-OH is 1. The first-order valence-corrected chi connectivity index (χ1v) is 13.3. The normalized spacial score (nSPS) is 15.7. The van der Waals surface area contributed by atoms with Crippen LogP contribution in [0.5, 0.6) is 0 Å². The minimum Gasteiger partial charge on any atom is -0.453 e. The maximum atomic E-state index is 13.3. The Morgan fingerprint density at radius 3 is 2.21 bits per heavy atom. The van der Waals surface area contributed by atoms with Gasteiger partial charge in [-0.25, -0.2) is 9.80 Å². The van der Waals surface area contributed by atoms with Gasteiger partial charge in [0.2, 0.25) is 5.91 Å². The molecule has 3 rings (SSSR count). The van der Waals surface area contributed by atoms with Crippen molar-refractivity contribution < 1.29 is 19.4 Å². The van der Waals surface area contributed by atoms with Crippen LogP contribution in [0, 0.1) is 5.41 Å². The van der Waals surface area contributed by atoms with E-state index in [4.69, 9.17) is 10.6 Å². The second-order valence-corrected chi connectivity index (χ2v) is 11.1. The summed E-state index contributed by atoms with van der Waals surface area (Å²) in [4.78, 5) is 27.6. The number of hydrazine groups is 1. The van der Waals surface area contributed by atoms with E-state index in [1.54, 1.807) is 5.01 Å². The fourth-order valence-corrected chi connectivity index (χ4v) is 4.72. The van der Waals surface area contributed by atoms with Crippen molar-refractivity contribution in [3.8, 4) is 0 Å². The Morgan fingerprint density at radius 1 is 1.03 bits per heavy atom. The molecule has 39 heavy (non-hydrogen) atoms. The third-order valence-electron chi connectivity index (χ3n) is 6.88. The Bertz CT molecular complexity index is 1030. The Labute approximate surface area is 238 Å². The predicted molar refractivity (Wildman–Crippen MR) is 157 cm³/mol. The number of ether oxygens (including phenoxy) is 1. The predicted octanol–water partition coefficient (Wildman–Crippen LogP) is 3.24. The quantitative estimate of drug-likeness (QED) is 0.245. The molecule has 1 heterocycles. The van der Waals surface area contributed by atoms with Gasteiger partial charge < -0.3 is 25.4 Å². The first kappa shape index (κ1) is 32.4. The number of nitrogens with zero attached hydrogens (tertiary/aromatic N) is 2. The fraction of sp³-hybridized carbons (Fsp3) is 0.517. The number of hydrogen-bond acceptors (Lipinski definition) is 7. The van der Waals surface area contributed by atoms with Crippen molar-refractivity contribution in [2.45, 2.75) is 64.8 Å². The number of methoxy groups -OCH3 is 1. The molecule has 1 aliphatic rings. The standard InChI is InChI=1S/C29H43N5O4.ClH/c1-29(2,3)26(32-28(37)38-4)27(36)31-24(18-21-10-6-5-7-11-21)25(35)20-34(30)19-22-12-14-23(15-13-22)33-16-8-9-17-33;/h5-7,10-15,24-26,35H,8-9,16-20,30H2,1-4H3,(H,31,36)(H,32,37);1H/t24-,25-,26+;/m0./s1. The number of alkyl carbamates (subject to hydrolysis) is 1. The van der Waals surface area contributed by atoms with Crippen molar-refractivity contribution in [1.82, 2.24) is 15.6 Å². The van der Waals surface area contributed by atoms with Crippen LogP contribution in [0.1, 0.15) is 44.7 Å². The highest BCUT2D eigenvalue weighted by Crippen LogP contribution is 2.22. The van der Waals surface area contributed by atoms with E-state index >= 15 is 0 Å². The van der Waals surface area contributed by atoms with Gasteiger partial charge in [0.15, 0.2) is 0 Å². The molecule has 0 bridgehead atoms. The number of nitrogens with two attached hydrogens (primary N) is 1. The molecule has 0 unspecified atom stereocenters. The van der Waals surface area contributed by atoms with Crippen molar-refractivity contribution in [3.05, 3.63) is 65.7 Å². The van der Waals surface area contributed by atoms with Crippen LogP contribution in [-0.2, 0) is 22.5 Å². The average molecular weight is 562 g/mol.